The van der Waals surface area contributed by atoms with Gasteiger partial charge in [0.1, 0.15) is 11.6 Å². The lowest BCUT2D eigenvalue weighted by Gasteiger charge is -2.25. The molecular weight excluding hydrogens is 466 g/mol. The molecule has 9 heteroatoms. The van der Waals surface area contributed by atoms with Crippen LogP contribution in [0.5, 0.6) is 5.75 Å². The number of benzene rings is 2. The lowest BCUT2D eigenvalue weighted by atomic mass is 10.1. The van der Waals surface area contributed by atoms with E-state index < -0.39 is 0 Å². The summed E-state index contributed by atoms with van der Waals surface area (Å²) in [4.78, 5) is 23.9. The average molecular weight is 496 g/mol. The number of carbonyl (C=O) groups is 1. The first kappa shape index (κ1) is 24.6. The summed E-state index contributed by atoms with van der Waals surface area (Å²) < 4.78 is 10.4. The summed E-state index contributed by atoms with van der Waals surface area (Å²) in [6, 6.07) is 11.1. The summed E-state index contributed by atoms with van der Waals surface area (Å²) >= 11 is 6.14. The Hall–Kier alpha value is -3.52. The zero-order valence-corrected chi connectivity index (χ0v) is 21.0. The SMILES string of the molecule is COC(=O)c1cc(Nc2ncc(C)c(Nc3ccc(Cl)c(OC)c3)n2)ccc1N1CCCCCC1. The van der Waals surface area contributed by atoms with Crippen molar-refractivity contribution in [2.24, 2.45) is 0 Å². The molecule has 184 valence electrons. The molecule has 0 radical (unpaired) electrons. The van der Waals surface area contributed by atoms with Gasteiger partial charge >= 0.3 is 5.97 Å². The predicted octanol–water partition coefficient (Wildman–Crippen LogP) is 6.10. The topological polar surface area (TPSA) is 88.6 Å². The van der Waals surface area contributed by atoms with E-state index in [-0.39, 0.29) is 5.97 Å². The largest absolute Gasteiger partial charge is 0.495 e. The molecule has 1 aliphatic heterocycles. The van der Waals surface area contributed by atoms with Gasteiger partial charge in [-0.15, -0.1) is 0 Å². The van der Waals surface area contributed by atoms with Crippen molar-refractivity contribution >= 4 is 46.4 Å². The first-order chi connectivity index (χ1) is 17.0. The van der Waals surface area contributed by atoms with Crippen LogP contribution < -0.4 is 20.3 Å². The number of ether oxygens (including phenoxy) is 2. The Morgan fingerprint density at radius 2 is 1.71 bits per heavy atom. The maximum absolute atomic E-state index is 12.6. The molecule has 1 saturated heterocycles. The molecule has 0 spiro atoms. The van der Waals surface area contributed by atoms with Crippen molar-refractivity contribution in [2.45, 2.75) is 32.6 Å². The van der Waals surface area contributed by atoms with Gasteiger partial charge in [0, 0.05) is 42.3 Å². The van der Waals surface area contributed by atoms with Gasteiger partial charge in [0.25, 0.3) is 0 Å². The minimum absolute atomic E-state index is 0.364. The van der Waals surface area contributed by atoms with E-state index in [2.05, 4.69) is 25.5 Å². The third kappa shape index (κ3) is 5.95. The minimum Gasteiger partial charge on any atom is -0.495 e. The number of nitrogens with zero attached hydrogens (tertiary/aromatic N) is 3. The number of aryl methyl sites for hydroxylation is 1. The van der Waals surface area contributed by atoms with E-state index in [0.29, 0.717) is 33.8 Å². The second-order valence-electron chi connectivity index (χ2n) is 8.45. The minimum atomic E-state index is -0.364. The lowest BCUT2D eigenvalue weighted by molar-refractivity contribution is 0.0601. The molecule has 8 nitrogen and oxygen atoms in total. The van der Waals surface area contributed by atoms with Gasteiger partial charge in [-0.2, -0.15) is 4.98 Å². The standard InChI is InChI=1S/C26H30ClN5O3/c1-17-16-28-26(31-24(17)29-19-8-10-21(27)23(15-19)34-2)30-18-9-11-22(20(14-18)25(33)35-3)32-12-6-4-5-7-13-32/h8-11,14-16H,4-7,12-13H2,1-3H3,(H2,28,29,30,31). The van der Waals surface area contributed by atoms with Crippen molar-refractivity contribution < 1.29 is 14.3 Å². The third-order valence-electron chi connectivity index (χ3n) is 5.99. The van der Waals surface area contributed by atoms with Gasteiger partial charge in [-0.3, -0.25) is 0 Å². The number of halogens is 1. The van der Waals surface area contributed by atoms with Crippen LogP contribution in [0.2, 0.25) is 5.02 Å². The zero-order valence-electron chi connectivity index (χ0n) is 20.2. The van der Waals surface area contributed by atoms with E-state index in [1.165, 1.54) is 20.0 Å². The van der Waals surface area contributed by atoms with Crippen molar-refractivity contribution in [3.8, 4) is 5.75 Å². The van der Waals surface area contributed by atoms with Crippen molar-refractivity contribution in [3.05, 3.63) is 58.7 Å². The Labute approximate surface area is 210 Å². The van der Waals surface area contributed by atoms with Gasteiger partial charge < -0.3 is 25.0 Å². The van der Waals surface area contributed by atoms with Crippen LogP contribution in [0.25, 0.3) is 0 Å². The van der Waals surface area contributed by atoms with Crippen LogP contribution in [0.15, 0.2) is 42.6 Å². The fraction of sp³-hybridized carbons (Fsp3) is 0.346. The van der Waals surface area contributed by atoms with Crippen LogP contribution in [0.1, 0.15) is 41.6 Å². The fourth-order valence-electron chi connectivity index (χ4n) is 4.11. The normalized spacial score (nSPS) is 13.7. The van der Waals surface area contributed by atoms with Crippen LogP contribution >= 0.6 is 11.6 Å². The molecule has 4 rings (SSSR count). The molecule has 2 aromatic carbocycles. The molecule has 0 unspecified atom stereocenters. The highest BCUT2D eigenvalue weighted by atomic mass is 35.5. The van der Waals surface area contributed by atoms with Gasteiger partial charge in [-0.1, -0.05) is 24.4 Å². The first-order valence-electron chi connectivity index (χ1n) is 11.7. The molecule has 0 atom stereocenters. The monoisotopic (exact) mass is 495 g/mol. The second-order valence-corrected chi connectivity index (χ2v) is 8.86. The van der Waals surface area contributed by atoms with E-state index in [1.54, 1.807) is 31.5 Å². The van der Waals surface area contributed by atoms with Crippen LogP contribution in [0.3, 0.4) is 0 Å². The Morgan fingerprint density at radius 1 is 1.00 bits per heavy atom. The number of nitrogens with one attached hydrogen (secondary N) is 2. The smallest absolute Gasteiger partial charge is 0.340 e. The number of hydrogen-bond donors (Lipinski definition) is 2. The van der Waals surface area contributed by atoms with Crippen LogP contribution in [0, 0.1) is 6.92 Å². The molecule has 1 aliphatic rings. The zero-order chi connectivity index (χ0) is 24.8. The molecule has 0 amide bonds. The highest BCUT2D eigenvalue weighted by Gasteiger charge is 2.19. The Morgan fingerprint density at radius 3 is 2.43 bits per heavy atom. The average Bonchev–Trinajstić information content (AvgIpc) is 3.16. The molecule has 0 saturated carbocycles. The quantitative estimate of drug-likeness (QED) is 0.380. The predicted molar refractivity (Wildman–Crippen MR) is 140 cm³/mol. The van der Waals surface area contributed by atoms with Gasteiger partial charge in [0.15, 0.2) is 0 Å². The molecule has 1 fully saturated rings. The number of methoxy groups -OCH3 is 2. The van der Waals surface area contributed by atoms with E-state index in [1.807, 2.05) is 25.1 Å². The number of carbonyl (C=O) groups excluding carboxylic acids is 1. The van der Waals surface area contributed by atoms with E-state index in [9.17, 15) is 4.79 Å². The van der Waals surface area contributed by atoms with Crippen LogP contribution in [-0.2, 0) is 4.74 Å². The summed E-state index contributed by atoms with van der Waals surface area (Å²) in [5.74, 6) is 1.25. The molecule has 3 aromatic rings. The Kier molecular flexibility index (Phi) is 7.92. The number of anilines is 5. The van der Waals surface area contributed by atoms with Crippen molar-refractivity contribution in [3.63, 3.8) is 0 Å². The van der Waals surface area contributed by atoms with E-state index >= 15 is 0 Å². The molecule has 2 N–H and O–H groups in total. The summed E-state index contributed by atoms with van der Waals surface area (Å²) in [6.07, 6.45) is 6.40. The summed E-state index contributed by atoms with van der Waals surface area (Å²) in [6.45, 7) is 3.79. The van der Waals surface area contributed by atoms with Crippen LogP contribution in [-0.4, -0.2) is 43.2 Å². The maximum atomic E-state index is 12.6. The molecule has 0 aliphatic carbocycles. The molecule has 1 aromatic heterocycles. The molecule has 0 bridgehead atoms. The first-order valence-corrected chi connectivity index (χ1v) is 12.0. The second kappa shape index (κ2) is 11.3. The summed E-state index contributed by atoms with van der Waals surface area (Å²) in [7, 11) is 2.98. The van der Waals surface area contributed by atoms with Crippen molar-refractivity contribution in [1.82, 2.24) is 9.97 Å². The van der Waals surface area contributed by atoms with Gasteiger partial charge in [-0.05, 0) is 50.1 Å². The summed E-state index contributed by atoms with van der Waals surface area (Å²) in [5.41, 5.74) is 3.78. The molecular formula is C26H30ClN5O3. The van der Waals surface area contributed by atoms with Gasteiger partial charge in [0.05, 0.1) is 30.5 Å². The number of rotatable bonds is 7. The fourth-order valence-corrected chi connectivity index (χ4v) is 4.30. The molecule has 2 heterocycles. The van der Waals surface area contributed by atoms with E-state index in [0.717, 1.165) is 42.9 Å². The Bertz CT molecular complexity index is 1200. The van der Waals surface area contributed by atoms with Crippen molar-refractivity contribution in [1.29, 1.82) is 0 Å². The number of esters is 1. The van der Waals surface area contributed by atoms with Gasteiger partial charge in [0.2, 0.25) is 5.95 Å². The van der Waals surface area contributed by atoms with Crippen LogP contribution in [0.4, 0.5) is 28.8 Å². The van der Waals surface area contributed by atoms with Gasteiger partial charge in [-0.25, -0.2) is 9.78 Å². The number of aromatic nitrogens is 2. The van der Waals surface area contributed by atoms with Crippen molar-refractivity contribution in [2.75, 3.05) is 42.8 Å². The maximum Gasteiger partial charge on any atom is 0.340 e. The number of hydrogen-bond acceptors (Lipinski definition) is 8. The highest BCUT2D eigenvalue weighted by molar-refractivity contribution is 6.32. The third-order valence-corrected chi connectivity index (χ3v) is 6.30. The summed E-state index contributed by atoms with van der Waals surface area (Å²) in [5, 5.41) is 7.04. The highest BCUT2D eigenvalue weighted by Crippen LogP contribution is 2.31. The Balaban J connectivity index is 1.58. The lowest BCUT2D eigenvalue weighted by Crippen LogP contribution is -2.26. The molecule has 35 heavy (non-hydrogen) atoms. The van der Waals surface area contributed by atoms with E-state index in [4.69, 9.17) is 21.1 Å².